The van der Waals surface area contributed by atoms with Gasteiger partial charge in [-0.15, -0.1) is 0 Å². The first-order chi connectivity index (χ1) is 10.9. The Hall–Kier alpha value is -2.14. The molecular weight excluding hydrogens is 292 g/mol. The Kier molecular flexibility index (Phi) is 5.55. The maximum Gasteiger partial charge on any atom is 0.357 e. The van der Waals surface area contributed by atoms with E-state index in [9.17, 15) is 4.79 Å². The summed E-state index contributed by atoms with van der Waals surface area (Å²) in [6.45, 7) is 9.77. The summed E-state index contributed by atoms with van der Waals surface area (Å²) in [5, 5.41) is 8.95. The molecule has 1 N–H and O–H groups in total. The first kappa shape index (κ1) is 17.2. The number of nitrogens with zero attached hydrogens (tertiary/aromatic N) is 2. The lowest BCUT2D eigenvalue weighted by atomic mass is 10.0. The lowest BCUT2D eigenvalue weighted by Gasteiger charge is -2.28. The van der Waals surface area contributed by atoms with Crippen LogP contribution in [-0.2, 0) is 13.1 Å². The van der Waals surface area contributed by atoms with Crippen molar-refractivity contribution in [2.45, 2.75) is 53.2 Å². The van der Waals surface area contributed by atoms with E-state index < -0.39 is 5.97 Å². The Morgan fingerprint density at radius 2 is 2.09 bits per heavy atom. The largest absolute Gasteiger partial charge is 0.476 e. The van der Waals surface area contributed by atoms with Crippen LogP contribution in [0.3, 0.4) is 0 Å². The van der Waals surface area contributed by atoms with E-state index in [0.29, 0.717) is 18.5 Å². The lowest BCUT2D eigenvalue weighted by molar-refractivity contribution is 0.0690. The predicted molar refractivity (Wildman–Crippen MR) is 88.4 cm³/mol. The number of aromatic carboxylic acids is 1. The smallest absolute Gasteiger partial charge is 0.357 e. The van der Waals surface area contributed by atoms with Gasteiger partial charge in [0.25, 0.3) is 0 Å². The monoisotopic (exact) mass is 316 g/mol. The third-order valence-electron chi connectivity index (χ3n) is 4.20. The molecule has 1 aromatic carbocycles. The van der Waals surface area contributed by atoms with E-state index in [1.165, 1.54) is 23.0 Å². The lowest BCUT2D eigenvalue weighted by Crippen LogP contribution is -2.32. The first-order valence-corrected chi connectivity index (χ1v) is 7.88. The van der Waals surface area contributed by atoms with E-state index in [1.807, 2.05) is 0 Å². The number of hydrogen-bond acceptors (Lipinski definition) is 4. The third kappa shape index (κ3) is 4.42. The van der Waals surface area contributed by atoms with Gasteiger partial charge in [0.1, 0.15) is 6.26 Å². The molecule has 2 rings (SSSR count). The summed E-state index contributed by atoms with van der Waals surface area (Å²) in [4.78, 5) is 17.2. The highest BCUT2D eigenvalue weighted by Crippen LogP contribution is 2.18. The number of hydrogen-bond donors (Lipinski definition) is 1. The Bertz CT molecular complexity index is 679. The van der Waals surface area contributed by atoms with E-state index in [-0.39, 0.29) is 5.69 Å². The van der Waals surface area contributed by atoms with Gasteiger partial charge in [0.2, 0.25) is 5.89 Å². The Labute approximate surface area is 137 Å². The zero-order valence-electron chi connectivity index (χ0n) is 14.2. The molecule has 5 nitrogen and oxygen atoms in total. The van der Waals surface area contributed by atoms with Crippen molar-refractivity contribution in [1.29, 1.82) is 0 Å². The second-order valence-electron chi connectivity index (χ2n) is 6.02. The molecule has 0 amide bonds. The predicted octanol–water partition coefficient (Wildman–Crippen LogP) is 3.79. The zero-order chi connectivity index (χ0) is 17.0. The van der Waals surface area contributed by atoms with Gasteiger partial charge < -0.3 is 9.52 Å². The van der Waals surface area contributed by atoms with Gasteiger partial charge in [-0.3, -0.25) is 4.90 Å². The van der Waals surface area contributed by atoms with Gasteiger partial charge in [0.05, 0.1) is 6.54 Å². The minimum atomic E-state index is -1.07. The highest BCUT2D eigenvalue weighted by atomic mass is 16.4. The molecular formula is C18H24N2O3. The molecule has 1 heterocycles. The molecule has 2 aromatic rings. The summed E-state index contributed by atoms with van der Waals surface area (Å²) < 4.78 is 5.31. The molecule has 23 heavy (non-hydrogen) atoms. The summed E-state index contributed by atoms with van der Waals surface area (Å²) in [6, 6.07) is 6.78. The quantitative estimate of drug-likeness (QED) is 0.842. The van der Waals surface area contributed by atoms with E-state index in [0.717, 1.165) is 13.0 Å². The van der Waals surface area contributed by atoms with Crippen molar-refractivity contribution in [2.75, 3.05) is 0 Å². The molecule has 0 radical (unpaired) electrons. The van der Waals surface area contributed by atoms with Crippen LogP contribution in [0.4, 0.5) is 0 Å². The number of carbonyl (C=O) groups is 1. The number of aryl methyl sites for hydroxylation is 2. The number of oxazole rings is 1. The van der Waals surface area contributed by atoms with Gasteiger partial charge in [-0.25, -0.2) is 9.78 Å². The number of carboxylic acid groups (broad SMARTS) is 1. The highest BCUT2D eigenvalue weighted by Gasteiger charge is 2.18. The van der Waals surface area contributed by atoms with Crippen molar-refractivity contribution < 1.29 is 14.3 Å². The van der Waals surface area contributed by atoms with Crippen LogP contribution < -0.4 is 0 Å². The van der Waals surface area contributed by atoms with Gasteiger partial charge in [0.15, 0.2) is 5.69 Å². The van der Waals surface area contributed by atoms with Gasteiger partial charge in [0, 0.05) is 12.6 Å². The number of aromatic nitrogens is 1. The molecule has 0 bridgehead atoms. The van der Waals surface area contributed by atoms with Crippen molar-refractivity contribution in [3.63, 3.8) is 0 Å². The fraction of sp³-hybridized carbons (Fsp3) is 0.444. The van der Waals surface area contributed by atoms with Crippen LogP contribution in [0.1, 0.15) is 53.3 Å². The molecule has 0 saturated heterocycles. The van der Waals surface area contributed by atoms with Gasteiger partial charge in [-0.05, 0) is 38.3 Å². The second kappa shape index (κ2) is 7.42. The third-order valence-corrected chi connectivity index (χ3v) is 4.20. The van der Waals surface area contributed by atoms with Crippen LogP contribution in [0.25, 0.3) is 0 Å². The summed E-state index contributed by atoms with van der Waals surface area (Å²) >= 11 is 0. The van der Waals surface area contributed by atoms with Crippen LogP contribution in [0, 0.1) is 13.8 Å². The molecule has 0 saturated carbocycles. The highest BCUT2D eigenvalue weighted by molar-refractivity contribution is 5.84. The van der Waals surface area contributed by atoms with Crippen molar-refractivity contribution in [1.82, 2.24) is 9.88 Å². The van der Waals surface area contributed by atoms with E-state index >= 15 is 0 Å². The van der Waals surface area contributed by atoms with E-state index in [4.69, 9.17) is 9.52 Å². The minimum absolute atomic E-state index is 0.0455. The SMILES string of the molecule is CCC(C)N(Cc1nc(C(=O)O)co1)Cc1cc(C)ccc1C. The van der Waals surface area contributed by atoms with E-state index in [2.05, 4.69) is 55.8 Å². The van der Waals surface area contributed by atoms with Crippen LogP contribution in [0.2, 0.25) is 0 Å². The fourth-order valence-electron chi connectivity index (χ4n) is 2.47. The molecule has 0 aliphatic rings. The average Bonchev–Trinajstić information content (AvgIpc) is 2.98. The van der Waals surface area contributed by atoms with Crippen LogP contribution in [-0.4, -0.2) is 27.0 Å². The second-order valence-corrected chi connectivity index (χ2v) is 6.02. The zero-order valence-corrected chi connectivity index (χ0v) is 14.2. The molecule has 1 unspecified atom stereocenters. The maximum absolute atomic E-state index is 10.9. The van der Waals surface area contributed by atoms with Crippen molar-refractivity contribution in [3.8, 4) is 0 Å². The Balaban J connectivity index is 2.19. The molecule has 0 aliphatic carbocycles. The molecule has 0 aliphatic heterocycles. The summed E-state index contributed by atoms with van der Waals surface area (Å²) in [7, 11) is 0. The van der Waals surface area contributed by atoms with Crippen molar-refractivity contribution >= 4 is 5.97 Å². The van der Waals surface area contributed by atoms with Gasteiger partial charge in [-0.2, -0.15) is 0 Å². The maximum atomic E-state index is 10.9. The summed E-state index contributed by atoms with van der Waals surface area (Å²) in [5.41, 5.74) is 3.72. The Morgan fingerprint density at radius 3 is 2.70 bits per heavy atom. The molecule has 1 aromatic heterocycles. The average molecular weight is 316 g/mol. The molecule has 5 heteroatoms. The summed E-state index contributed by atoms with van der Waals surface area (Å²) in [5.74, 6) is -0.627. The fourth-order valence-corrected chi connectivity index (χ4v) is 2.47. The molecule has 1 atom stereocenters. The van der Waals surface area contributed by atoms with Crippen molar-refractivity contribution in [2.24, 2.45) is 0 Å². The number of carboxylic acids is 1. The number of rotatable bonds is 7. The minimum Gasteiger partial charge on any atom is -0.476 e. The van der Waals surface area contributed by atoms with Crippen LogP contribution in [0.5, 0.6) is 0 Å². The summed E-state index contributed by atoms with van der Waals surface area (Å²) in [6.07, 6.45) is 2.20. The normalized spacial score (nSPS) is 12.6. The molecule has 124 valence electrons. The topological polar surface area (TPSA) is 66.6 Å². The first-order valence-electron chi connectivity index (χ1n) is 7.88. The van der Waals surface area contributed by atoms with Gasteiger partial charge >= 0.3 is 5.97 Å². The molecule has 0 spiro atoms. The van der Waals surface area contributed by atoms with Crippen molar-refractivity contribution in [3.05, 3.63) is 52.7 Å². The standard InChI is InChI=1S/C18H24N2O3/c1-5-14(4)20(9-15-8-12(2)6-7-13(15)3)10-17-19-16(11-23-17)18(21)22/h6-8,11,14H,5,9-10H2,1-4H3,(H,21,22). The van der Waals surface area contributed by atoms with Crippen LogP contribution >= 0.6 is 0 Å². The van der Waals surface area contributed by atoms with E-state index in [1.54, 1.807) is 0 Å². The van der Waals surface area contributed by atoms with Crippen LogP contribution in [0.15, 0.2) is 28.9 Å². The molecule has 0 fully saturated rings. The Morgan fingerprint density at radius 1 is 1.35 bits per heavy atom. The van der Waals surface area contributed by atoms with Gasteiger partial charge in [-0.1, -0.05) is 30.7 Å². The number of benzene rings is 1.